The molecule has 0 saturated carbocycles. The van der Waals surface area contributed by atoms with E-state index in [0.717, 1.165) is 77.5 Å². The SMILES string of the molecule is CCNC1CCN(C(=O)COc2ccc(CN3CCN(CC)CC3)cc2)CC1. The number of benzene rings is 1. The van der Waals surface area contributed by atoms with Crippen molar-refractivity contribution in [1.29, 1.82) is 0 Å². The molecule has 28 heavy (non-hydrogen) atoms. The molecule has 1 aromatic rings. The van der Waals surface area contributed by atoms with Crippen LogP contribution in [0.4, 0.5) is 0 Å². The summed E-state index contributed by atoms with van der Waals surface area (Å²) in [5, 5.41) is 3.47. The maximum atomic E-state index is 12.4. The number of hydrogen-bond donors (Lipinski definition) is 1. The molecule has 2 aliphatic heterocycles. The van der Waals surface area contributed by atoms with Crippen molar-refractivity contribution in [2.75, 3.05) is 59.0 Å². The van der Waals surface area contributed by atoms with Gasteiger partial charge in [-0.25, -0.2) is 0 Å². The number of piperidine rings is 1. The molecule has 2 saturated heterocycles. The molecule has 2 aliphatic rings. The summed E-state index contributed by atoms with van der Waals surface area (Å²) in [7, 11) is 0. The third-order valence-corrected chi connectivity index (χ3v) is 5.94. The Morgan fingerprint density at radius 1 is 1.00 bits per heavy atom. The lowest BCUT2D eigenvalue weighted by Crippen LogP contribution is -2.46. The molecule has 156 valence electrons. The minimum Gasteiger partial charge on any atom is -0.484 e. The van der Waals surface area contributed by atoms with Gasteiger partial charge in [0, 0.05) is 51.9 Å². The van der Waals surface area contributed by atoms with Crippen LogP contribution >= 0.6 is 0 Å². The zero-order valence-corrected chi connectivity index (χ0v) is 17.5. The first-order valence-electron chi connectivity index (χ1n) is 10.9. The van der Waals surface area contributed by atoms with E-state index in [1.807, 2.05) is 17.0 Å². The molecule has 0 aromatic heterocycles. The van der Waals surface area contributed by atoms with Gasteiger partial charge in [0.05, 0.1) is 0 Å². The number of amides is 1. The van der Waals surface area contributed by atoms with Gasteiger partial charge in [-0.05, 0) is 43.6 Å². The number of likely N-dealkylation sites (tertiary alicyclic amines) is 1. The van der Waals surface area contributed by atoms with Crippen molar-refractivity contribution >= 4 is 5.91 Å². The second-order valence-electron chi connectivity index (χ2n) is 7.86. The Balaban J connectivity index is 1.38. The number of ether oxygens (including phenoxy) is 1. The third kappa shape index (κ3) is 6.19. The number of likely N-dealkylation sites (N-methyl/N-ethyl adjacent to an activating group) is 1. The van der Waals surface area contributed by atoms with Crippen LogP contribution in [0.2, 0.25) is 0 Å². The van der Waals surface area contributed by atoms with Gasteiger partial charge in [-0.3, -0.25) is 9.69 Å². The maximum absolute atomic E-state index is 12.4. The number of nitrogens with zero attached hydrogens (tertiary/aromatic N) is 3. The average molecular weight is 389 g/mol. The van der Waals surface area contributed by atoms with E-state index in [4.69, 9.17) is 4.74 Å². The molecule has 3 rings (SSSR count). The molecule has 0 bridgehead atoms. The minimum absolute atomic E-state index is 0.0906. The van der Waals surface area contributed by atoms with E-state index in [1.165, 1.54) is 5.56 Å². The smallest absolute Gasteiger partial charge is 0.260 e. The quantitative estimate of drug-likeness (QED) is 0.736. The standard InChI is InChI=1S/C22H36N4O2/c1-3-23-20-9-11-26(12-10-20)22(27)18-28-21-7-5-19(6-8-21)17-25-15-13-24(4-2)14-16-25/h5-8,20,23H,3-4,9-18H2,1-2H3. The summed E-state index contributed by atoms with van der Waals surface area (Å²) in [5.74, 6) is 0.864. The molecular weight excluding hydrogens is 352 g/mol. The van der Waals surface area contributed by atoms with Crippen LogP contribution in [0.1, 0.15) is 32.3 Å². The number of piperazine rings is 1. The van der Waals surface area contributed by atoms with Crippen LogP contribution in [0.5, 0.6) is 5.75 Å². The van der Waals surface area contributed by atoms with Crippen molar-refractivity contribution < 1.29 is 9.53 Å². The minimum atomic E-state index is 0.0906. The highest BCUT2D eigenvalue weighted by molar-refractivity contribution is 5.77. The van der Waals surface area contributed by atoms with Gasteiger partial charge < -0.3 is 19.9 Å². The lowest BCUT2D eigenvalue weighted by Gasteiger charge is -2.34. The van der Waals surface area contributed by atoms with Crippen molar-refractivity contribution in [2.45, 2.75) is 39.3 Å². The van der Waals surface area contributed by atoms with Gasteiger partial charge in [0.1, 0.15) is 5.75 Å². The normalized spacial score (nSPS) is 19.7. The Morgan fingerprint density at radius 2 is 1.64 bits per heavy atom. The fraction of sp³-hybridized carbons (Fsp3) is 0.682. The Morgan fingerprint density at radius 3 is 2.25 bits per heavy atom. The van der Waals surface area contributed by atoms with Gasteiger partial charge >= 0.3 is 0 Å². The molecule has 0 atom stereocenters. The number of carbonyl (C=O) groups is 1. The van der Waals surface area contributed by atoms with E-state index in [9.17, 15) is 4.79 Å². The number of rotatable bonds is 8. The van der Waals surface area contributed by atoms with Gasteiger partial charge in [-0.15, -0.1) is 0 Å². The Labute approximate surface area is 169 Å². The molecule has 0 unspecified atom stereocenters. The van der Waals surface area contributed by atoms with Crippen LogP contribution < -0.4 is 10.1 Å². The summed E-state index contributed by atoms with van der Waals surface area (Å²) in [5.41, 5.74) is 1.30. The molecule has 6 nitrogen and oxygen atoms in total. The van der Waals surface area contributed by atoms with Gasteiger partial charge in [0.25, 0.3) is 5.91 Å². The van der Waals surface area contributed by atoms with Gasteiger partial charge in [0.2, 0.25) is 0 Å². The highest BCUT2D eigenvalue weighted by Crippen LogP contribution is 2.16. The largest absolute Gasteiger partial charge is 0.484 e. The number of hydrogen-bond acceptors (Lipinski definition) is 5. The molecule has 1 aromatic carbocycles. The van der Waals surface area contributed by atoms with Crippen LogP contribution in [0.3, 0.4) is 0 Å². The molecule has 2 heterocycles. The number of nitrogens with one attached hydrogen (secondary N) is 1. The summed E-state index contributed by atoms with van der Waals surface area (Å²) >= 11 is 0. The topological polar surface area (TPSA) is 48.1 Å². The second-order valence-corrected chi connectivity index (χ2v) is 7.86. The summed E-state index contributed by atoms with van der Waals surface area (Å²) in [6.45, 7) is 13.8. The van der Waals surface area contributed by atoms with Crippen molar-refractivity contribution in [3.8, 4) is 5.75 Å². The predicted molar refractivity (Wildman–Crippen MR) is 113 cm³/mol. The monoisotopic (exact) mass is 388 g/mol. The first-order chi connectivity index (χ1) is 13.7. The van der Waals surface area contributed by atoms with Crippen LogP contribution in [-0.4, -0.2) is 85.6 Å². The first-order valence-corrected chi connectivity index (χ1v) is 10.9. The molecular formula is C22H36N4O2. The summed E-state index contributed by atoms with van der Waals surface area (Å²) in [4.78, 5) is 19.3. The van der Waals surface area contributed by atoms with Crippen molar-refractivity contribution in [3.05, 3.63) is 29.8 Å². The Kier molecular flexibility index (Phi) is 8.13. The van der Waals surface area contributed by atoms with E-state index in [0.29, 0.717) is 6.04 Å². The van der Waals surface area contributed by atoms with Crippen molar-refractivity contribution in [1.82, 2.24) is 20.0 Å². The van der Waals surface area contributed by atoms with Crippen LogP contribution in [0, 0.1) is 0 Å². The fourth-order valence-corrected chi connectivity index (χ4v) is 4.07. The molecule has 0 aliphatic carbocycles. The van der Waals surface area contributed by atoms with Crippen LogP contribution in [0.15, 0.2) is 24.3 Å². The lowest BCUT2D eigenvalue weighted by atomic mass is 10.1. The molecule has 6 heteroatoms. The van der Waals surface area contributed by atoms with Gasteiger partial charge in [-0.1, -0.05) is 26.0 Å². The van der Waals surface area contributed by atoms with Gasteiger partial charge in [-0.2, -0.15) is 0 Å². The van der Waals surface area contributed by atoms with Crippen molar-refractivity contribution in [3.63, 3.8) is 0 Å². The first kappa shape index (κ1) is 21.1. The van der Waals surface area contributed by atoms with Gasteiger partial charge in [0.15, 0.2) is 6.61 Å². The zero-order valence-electron chi connectivity index (χ0n) is 17.5. The van der Waals surface area contributed by atoms with E-state index < -0.39 is 0 Å². The van der Waals surface area contributed by atoms with Crippen LogP contribution in [-0.2, 0) is 11.3 Å². The second kappa shape index (κ2) is 10.8. The molecule has 1 N–H and O–H groups in total. The molecule has 0 radical (unpaired) electrons. The molecule has 2 fully saturated rings. The summed E-state index contributed by atoms with van der Waals surface area (Å²) < 4.78 is 5.74. The molecule has 1 amide bonds. The van der Waals surface area contributed by atoms with E-state index in [1.54, 1.807) is 0 Å². The molecule has 0 spiro atoms. The zero-order chi connectivity index (χ0) is 19.8. The fourth-order valence-electron chi connectivity index (χ4n) is 4.07. The third-order valence-electron chi connectivity index (χ3n) is 5.94. The summed E-state index contributed by atoms with van der Waals surface area (Å²) in [6.07, 6.45) is 2.06. The highest BCUT2D eigenvalue weighted by atomic mass is 16.5. The maximum Gasteiger partial charge on any atom is 0.260 e. The van der Waals surface area contributed by atoms with Crippen molar-refractivity contribution in [2.24, 2.45) is 0 Å². The van der Waals surface area contributed by atoms with E-state index >= 15 is 0 Å². The Bertz CT molecular complexity index is 591. The van der Waals surface area contributed by atoms with Crippen LogP contribution in [0.25, 0.3) is 0 Å². The number of carbonyl (C=O) groups excluding carboxylic acids is 1. The average Bonchev–Trinajstić information content (AvgIpc) is 2.74. The highest BCUT2D eigenvalue weighted by Gasteiger charge is 2.22. The predicted octanol–water partition coefficient (Wildman–Crippen LogP) is 1.80. The Hall–Kier alpha value is -1.63. The van der Waals surface area contributed by atoms with E-state index in [2.05, 4.69) is 41.1 Å². The van der Waals surface area contributed by atoms with E-state index in [-0.39, 0.29) is 12.5 Å². The summed E-state index contributed by atoms with van der Waals surface area (Å²) in [6, 6.07) is 8.76. The lowest BCUT2D eigenvalue weighted by molar-refractivity contribution is -0.134.